The predicted octanol–water partition coefficient (Wildman–Crippen LogP) is -2.86. The van der Waals surface area contributed by atoms with Crippen LogP contribution in [0.4, 0.5) is 17.8 Å². The van der Waals surface area contributed by atoms with Crippen molar-refractivity contribution in [3.8, 4) is 0 Å². The zero-order valence-corrected chi connectivity index (χ0v) is 14.4. The second-order valence-electron chi connectivity index (χ2n) is 5.11. The van der Waals surface area contributed by atoms with Gasteiger partial charge in [0, 0.05) is 31.1 Å². The third-order valence-electron chi connectivity index (χ3n) is 3.23. The molecule has 148 valence electrons. The Bertz CT molecular complexity index is 544. The first-order valence-electron chi connectivity index (χ1n) is 8.10. The summed E-state index contributed by atoms with van der Waals surface area (Å²) in [5.41, 5.74) is 0. The minimum atomic E-state index is -0.485. The van der Waals surface area contributed by atoms with Gasteiger partial charge in [0.2, 0.25) is 24.4 Å². The second kappa shape index (κ2) is 12.1. The Morgan fingerprint density at radius 1 is 0.846 bits per heavy atom. The first-order chi connectivity index (χ1) is 12.5. The number of hydrogen-bond donors (Lipinski definition) is 5. The van der Waals surface area contributed by atoms with Crippen LogP contribution in [0.15, 0.2) is 0 Å². The normalized spacial score (nSPS) is 10.6. The van der Waals surface area contributed by atoms with E-state index in [1.165, 1.54) is 9.80 Å². The summed E-state index contributed by atoms with van der Waals surface area (Å²) < 4.78 is 0. The molecule has 0 radical (unpaired) electrons. The lowest BCUT2D eigenvalue weighted by atomic mass is 10.5. The molecular weight excluding hydrogens is 350 g/mol. The molecule has 0 aromatic carbocycles. The molecule has 0 aliphatic rings. The van der Waals surface area contributed by atoms with E-state index < -0.39 is 4.92 Å². The number of nitro groups is 1. The van der Waals surface area contributed by atoms with Crippen LogP contribution in [0.3, 0.4) is 0 Å². The van der Waals surface area contributed by atoms with Crippen LogP contribution in [0.25, 0.3) is 0 Å². The van der Waals surface area contributed by atoms with Crippen LogP contribution in [-0.4, -0.2) is 106 Å². The van der Waals surface area contributed by atoms with Gasteiger partial charge in [0.05, 0.1) is 33.0 Å². The fourth-order valence-corrected chi connectivity index (χ4v) is 2.07. The maximum atomic E-state index is 10.7. The van der Waals surface area contributed by atoms with E-state index >= 15 is 0 Å². The number of aliphatic hydroxyl groups excluding tert-OH is 4. The van der Waals surface area contributed by atoms with Crippen LogP contribution < -0.4 is 15.1 Å². The number of nitrogens with zero attached hydrogens (tertiary/aromatic N) is 6. The Balaban J connectivity index is 3.19. The highest BCUT2D eigenvalue weighted by molar-refractivity contribution is 5.45. The van der Waals surface area contributed by atoms with Gasteiger partial charge in [0.15, 0.2) is 0 Å². The van der Waals surface area contributed by atoms with Crippen LogP contribution in [0.2, 0.25) is 0 Å². The molecule has 0 amide bonds. The molecule has 0 bridgehead atoms. The van der Waals surface area contributed by atoms with Crippen molar-refractivity contribution in [3.05, 3.63) is 10.1 Å². The van der Waals surface area contributed by atoms with E-state index in [4.69, 9.17) is 5.11 Å². The third-order valence-corrected chi connectivity index (χ3v) is 3.23. The average molecular weight is 375 g/mol. The summed E-state index contributed by atoms with van der Waals surface area (Å²) >= 11 is 0. The minimum absolute atomic E-state index is 0.0174. The van der Waals surface area contributed by atoms with Gasteiger partial charge in [-0.25, -0.2) is 0 Å². The monoisotopic (exact) mass is 375 g/mol. The van der Waals surface area contributed by atoms with Crippen molar-refractivity contribution in [1.82, 2.24) is 15.0 Å². The van der Waals surface area contributed by atoms with E-state index in [2.05, 4.69) is 20.3 Å². The molecule has 0 atom stereocenters. The summed E-state index contributed by atoms with van der Waals surface area (Å²) in [6, 6.07) is 0. The second-order valence-corrected chi connectivity index (χ2v) is 5.11. The minimum Gasteiger partial charge on any atom is -0.395 e. The first-order valence-corrected chi connectivity index (χ1v) is 8.10. The lowest BCUT2D eigenvalue weighted by Crippen LogP contribution is -2.35. The number of nitrogens with one attached hydrogen (secondary N) is 1. The van der Waals surface area contributed by atoms with Crippen molar-refractivity contribution in [1.29, 1.82) is 0 Å². The van der Waals surface area contributed by atoms with Gasteiger partial charge >= 0.3 is 0 Å². The molecule has 0 saturated carbocycles. The van der Waals surface area contributed by atoms with Gasteiger partial charge < -0.3 is 35.5 Å². The Kier molecular flexibility index (Phi) is 10.1. The Morgan fingerprint density at radius 2 is 1.35 bits per heavy atom. The Hall–Kier alpha value is -2.35. The molecular formula is C13H25N7O6. The van der Waals surface area contributed by atoms with Gasteiger partial charge in [0.1, 0.15) is 0 Å². The molecule has 0 aliphatic carbocycles. The standard InChI is InChI=1S/C13H25N7O6/c21-7-1-14-11-15-12(18(4-8-22)2-3-20(25)26)17-13(16-11)19(5-9-23)6-10-24/h21-24H,1-10H2,(H,14,15,16,17). The van der Waals surface area contributed by atoms with Gasteiger partial charge in [-0.3, -0.25) is 10.1 Å². The van der Waals surface area contributed by atoms with E-state index in [9.17, 15) is 25.4 Å². The number of aromatic nitrogens is 3. The van der Waals surface area contributed by atoms with Crippen molar-refractivity contribution >= 4 is 17.8 Å². The zero-order chi connectivity index (χ0) is 19.4. The van der Waals surface area contributed by atoms with Gasteiger partial charge in [-0.2, -0.15) is 15.0 Å². The van der Waals surface area contributed by atoms with Crippen LogP contribution in [0, 0.1) is 10.1 Å². The Labute approximate surface area is 150 Å². The summed E-state index contributed by atoms with van der Waals surface area (Å²) in [7, 11) is 0. The molecule has 1 aromatic rings. The highest BCUT2D eigenvalue weighted by Gasteiger charge is 2.18. The molecule has 13 nitrogen and oxygen atoms in total. The molecule has 0 saturated heterocycles. The van der Waals surface area contributed by atoms with Crippen LogP contribution in [-0.2, 0) is 0 Å². The quantitative estimate of drug-likeness (QED) is 0.166. The van der Waals surface area contributed by atoms with Crippen LogP contribution in [0.1, 0.15) is 0 Å². The Morgan fingerprint density at radius 3 is 1.77 bits per heavy atom. The third kappa shape index (κ3) is 7.26. The summed E-state index contributed by atoms with van der Waals surface area (Å²) in [4.78, 5) is 25.7. The average Bonchev–Trinajstić information content (AvgIpc) is 2.62. The van der Waals surface area contributed by atoms with E-state index in [0.29, 0.717) is 0 Å². The lowest BCUT2D eigenvalue weighted by molar-refractivity contribution is -0.477. The largest absolute Gasteiger partial charge is 0.395 e. The van der Waals surface area contributed by atoms with E-state index in [-0.39, 0.29) is 83.5 Å². The summed E-state index contributed by atoms with van der Waals surface area (Å²) in [5, 5.41) is 50.0. The van der Waals surface area contributed by atoms with E-state index in [1.54, 1.807) is 0 Å². The fourth-order valence-electron chi connectivity index (χ4n) is 2.07. The van der Waals surface area contributed by atoms with Crippen molar-refractivity contribution < 1.29 is 25.3 Å². The molecule has 0 aliphatic heterocycles. The maximum absolute atomic E-state index is 10.7. The molecule has 1 aromatic heterocycles. The topological polar surface area (TPSA) is 181 Å². The molecule has 0 unspecified atom stereocenters. The molecule has 0 spiro atoms. The van der Waals surface area contributed by atoms with Gasteiger partial charge in [-0.15, -0.1) is 0 Å². The predicted molar refractivity (Wildman–Crippen MR) is 92.9 cm³/mol. The molecule has 5 N–H and O–H groups in total. The van der Waals surface area contributed by atoms with Crippen molar-refractivity contribution in [2.75, 3.05) is 80.8 Å². The van der Waals surface area contributed by atoms with Crippen molar-refractivity contribution in [2.24, 2.45) is 0 Å². The number of rotatable bonds is 14. The van der Waals surface area contributed by atoms with Crippen LogP contribution in [0.5, 0.6) is 0 Å². The highest BCUT2D eigenvalue weighted by Crippen LogP contribution is 2.16. The summed E-state index contributed by atoms with van der Waals surface area (Å²) in [6.07, 6.45) is 0. The summed E-state index contributed by atoms with van der Waals surface area (Å²) in [5.74, 6) is 0.388. The zero-order valence-electron chi connectivity index (χ0n) is 14.4. The molecule has 1 rings (SSSR count). The number of aliphatic hydroxyl groups is 4. The fraction of sp³-hybridized carbons (Fsp3) is 0.769. The smallest absolute Gasteiger partial charge is 0.232 e. The van der Waals surface area contributed by atoms with Crippen molar-refractivity contribution in [2.45, 2.75) is 0 Å². The summed E-state index contributed by atoms with van der Waals surface area (Å²) in [6.45, 7) is -0.590. The van der Waals surface area contributed by atoms with Gasteiger partial charge in [-0.1, -0.05) is 0 Å². The molecule has 1 heterocycles. The van der Waals surface area contributed by atoms with Crippen molar-refractivity contribution in [3.63, 3.8) is 0 Å². The molecule has 13 heteroatoms. The SMILES string of the molecule is O=[N+]([O-])CCN(CCO)c1nc(NCCO)nc(N(CCO)CCO)n1. The first kappa shape index (κ1) is 21.7. The molecule has 26 heavy (non-hydrogen) atoms. The van der Waals surface area contributed by atoms with E-state index in [0.717, 1.165) is 0 Å². The van der Waals surface area contributed by atoms with Gasteiger partial charge in [-0.05, 0) is 0 Å². The van der Waals surface area contributed by atoms with Gasteiger partial charge in [0.25, 0.3) is 0 Å². The number of hydrogen-bond acceptors (Lipinski definition) is 12. The lowest BCUT2D eigenvalue weighted by Gasteiger charge is -2.24. The van der Waals surface area contributed by atoms with Crippen LogP contribution >= 0.6 is 0 Å². The number of anilines is 3. The highest BCUT2D eigenvalue weighted by atomic mass is 16.6. The maximum Gasteiger partial charge on any atom is 0.232 e. The molecule has 0 fully saturated rings. The van der Waals surface area contributed by atoms with E-state index in [1.807, 2.05) is 0 Å².